The lowest BCUT2D eigenvalue weighted by atomic mass is 10.1. The number of anilines is 2. The van der Waals surface area contributed by atoms with Crippen molar-refractivity contribution >= 4 is 57.7 Å². The lowest BCUT2D eigenvalue weighted by Gasteiger charge is -2.13. The lowest BCUT2D eigenvalue weighted by Crippen LogP contribution is -2.30. The van der Waals surface area contributed by atoms with Crippen LogP contribution >= 0.6 is 23.1 Å². The van der Waals surface area contributed by atoms with E-state index in [1.165, 1.54) is 43.4 Å². The van der Waals surface area contributed by atoms with Crippen LogP contribution in [0, 0.1) is 0 Å². The molecule has 49 heavy (non-hydrogen) atoms. The van der Waals surface area contributed by atoms with Crippen LogP contribution in [-0.2, 0) is 9.59 Å². The molecule has 1 heterocycles. The molecule has 0 atom stereocenters. The Hall–Kier alpha value is -5.59. The second kappa shape index (κ2) is 17.0. The van der Waals surface area contributed by atoms with E-state index < -0.39 is 11.8 Å². The molecule has 4 aromatic carbocycles. The van der Waals surface area contributed by atoms with Crippen molar-refractivity contribution in [1.82, 2.24) is 10.3 Å². The number of carbonyl (C=O) groups is 3. The van der Waals surface area contributed by atoms with Gasteiger partial charge < -0.3 is 30.2 Å². The summed E-state index contributed by atoms with van der Waals surface area (Å²) in [5.74, 6) is 0.844. The van der Waals surface area contributed by atoms with Gasteiger partial charge in [-0.3, -0.25) is 14.4 Å². The van der Waals surface area contributed by atoms with E-state index in [-0.39, 0.29) is 17.4 Å². The molecular weight excluding hydrogens is 661 g/mol. The first-order chi connectivity index (χ1) is 23.8. The largest absolute Gasteiger partial charge is 0.497 e. The molecule has 250 valence electrons. The first-order valence-corrected chi connectivity index (χ1v) is 17.0. The molecule has 10 nitrogen and oxygen atoms in total. The fraction of sp³-hybridized carbons (Fsp3) is 0.135. The summed E-state index contributed by atoms with van der Waals surface area (Å²) in [6, 6.07) is 28.5. The molecule has 0 bridgehead atoms. The zero-order valence-electron chi connectivity index (χ0n) is 27.0. The Bertz CT molecular complexity index is 1930. The van der Waals surface area contributed by atoms with Crippen molar-refractivity contribution in [2.24, 2.45) is 0 Å². The molecule has 0 saturated carbocycles. The maximum atomic E-state index is 13.5. The van der Waals surface area contributed by atoms with Crippen molar-refractivity contribution in [1.29, 1.82) is 0 Å². The number of thiazole rings is 1. The number of ether oxygens (including phenoxy) is 3. The van der Waals surface area contributed by atoms with Crippen molar-refractivity contribution < 1.29 is 28.6 Å². The van der Waals surface area contributed by atoms with Crippen LogP contribution in [0.5, 0.6) is 17.2 Å². The Morgan fingerprint density at radius 3 is 2.29 bits per heavy atom. The zero-order valence-corrected chi connectivity index (χ0v) is 28.7. The van der Waals surface area contributed by atoms with Crippen molar-refractivity contribution in [3.8, 4) is 28.5 Å². The molecule has 0 aliphatic heterocycles. The van der Waals surface area contributed by atoms with Gasteiger partial charge in [0, 0.05) is 32.7 Å². The molecule has 0 saturated heterocycles. The van der Waals surface area contributed by atoms with Crippen molar-refractivity contribution in [2.75, 3.05) is 37.2 Å². The van der Waals surface area contributed by atoms with Crippen LogP contribution in [0.15, 0.2) is 113 Å². The van der Waals surface area contributed by atoms with Crippen molar-refractivity contribution in [2.45, 2.75) is 11.8 Å². The van der Waals surface area contributed by atoms with Gasteiger partial charge in [0.1, 0.15) is 22.9 Å². The molecule has 5 aromatic rings. The fourth-order valence-electron chi connectivity index (χ4n) is 4.54. The number of nitrogens with zero attached hydrogens (tertiary/aromatic N) is 1. The third kappa shape index (κ3) is 9.72. The monoisotopic (exact) mass is 694 g/mol. The summed E-state index contributed by atoms with van der Waals surface area (Å²) in [5.41, 5.74) is 3.14. The van der Waals surface area contributed by atoms with Gasteiger partial charge in [0.25, 0.3) is 11.8 Å². The molecule has 0 aliphatic carbocycles. The summed E-state index contributed by atoms with van der Waals surface area (Å²) in [6.45, 7) is 2.54. The first kappa shape index (κ1) is 34.7. The van der Waals surface area contributed by atoms with Gasteiger partial charge in [-0.15, -0.1) is 23.1 Å². The second-order valence-corrected chi connectivity index (χ2v) is 12.2. The van der Waals surface area contributed by atoms with E-state index in [1.807, 2.05) is 36.6 Å². The van der Waals surface area contributed by atoms with Gasteiger partial charge in [-0.25, -0.2) is 4.98 Å². The predicted molar refractivity (Wildman–Crippen MR) is 195 cm³/mol. The average molecular weight is 695 g/mol. The van der Waals surface area contributed by atoms with Crippen molar-refractivity contribution in [3.05, 3.63) is 119 Å². The summed E-state index contributed by atoms with van der Waals surface area (Å²) < 4.78 is 16.3. The number of carbonyl (C=O) groups excluding carboxylic acids is 3. The maximum Gasteiger partial charge on any atom is 0.272 e. The number of methoxy groups -OCH3 is 2. The van der Waals surface area contributed by atoms with Crippen LogP contribution < -0.4 is 30.2 Å². The van der Waals surface area contributed by atoms with Gasteiger partial charge in [0.15, 0.2) is 5.13 Å². The fourth-order valence-corrected chi connectivity index (χ4v) is 5.97. The van der Waals surface area contributed by atoms with Crippen LogP contribution in [0.25, 0.3) is 17.3 Å². The second-order valence-electron chi connectivity index (χ2n) is 10.3. The normalized spacial score (nSPS) is 11.0. The van der Waals surface area contributed by atoms with E-state index in [1.54, 1.807) is 72.8 Å². The standard InChI is InChI=1S/C37H34N4O6S2/c1-4-47-28-14-10-24(11-15-28)32-22-49-37(40-32)41-34(42)23-48-30-17-12-27(13-18-30)38-36(44)31(39-35(43)25-8-6-5-7-9-25)21-26-20-29(45-2)16-19-33(26)46-3/h5-22H,4,23H2,1-3H3,(H,38,44)(H,39,43)(H,40,41,42)/b31-21-. The van der Waals surface area contributed by atoms with Gasteiger partial charge in [-0.1, -0.05) is 18.2 Å². The molecule has 12 heteroatoms. The Labute approximate surface area is 292 Å². The van der Waals surface area contributed by atoms with Gasteiger partial charge in [0.05, 0.1) is 32.3 Å². The summed E-state index contributed by atoms with van der Waals surface area (Å²) >= 11 is 2.71. The van der Waals surface area contributed by atoms with E-state index in [4.69, 9.17) is 14.2 Å². The van der Waals surface area contributed by atoms with Crippen LogP contribution in [0.1, 0.15) is 22.8 Å². The Balaban J connectivity index is 1.21. The highest BCUT2D eigenvalue weighted by Crippen LogP contribution is 2.28. The van der Waals surface area contributed by atoms with Crippen molar-refractivity contribution in [3.63, 3.8) is 0 Å². The Kier molecular flexibility index (Phi) is 12.0. The van der Waals surface area contributed by atoms with Crippen LogP contribution in [-0.4, -0.2) is 49.3 Å². The SMILES string of the molecule is CCOc1ccc(-c2csc(NC(=O)CSc3ccc(NC(=O)/C(=C/c4cc(OC)ccc4OC)NC(=O)c4ccccc4)cc3)n2)cc1. The average Bonchev–Trinajstić information content (AvgIpc) is 3.60. The number of amides is 3. The minimum Gasteiger partial charge on any atom is -0.497 e. The molecule has 3 N–H and O–H groups in total. The smallest absolute Gasteiger partial charge is 0.272 e. The lowest BCUT2D eigenvalue weighted by molar-refractivity contribution is -0.114. The molecular formula is C37H34N4O6S2. The predicted octanol–water partition coefficient (Wildman–Crippen LogP) is 7.37. The van der Waals surface area contributed by atoms with E-state index >= 15 is 0 Å². The minimum absolute atomic E-state index is 0.00315. The number of benzene rings is 4. The Morgan fingerprint density at radius 1 is 0.857 bits per heavy atom. The highest BCUT2D eigenvalue weighted by atomic mass is 32.2. The molecule has 0 unspecified atom stereocenters. The first-order valence-electron chi connectivity index (χ1n) is 15.2. The Morgan fingerprint density at radius 2 is 1.59 bits per heavy atom. The summed E-state index contributed by atoms with van der Waals surface area (Å²) in [5, 5.41) is 10.8. The maximum absolute atomic E-state index is 13.5. The summed E-state index contributed by atoms with van der Waals surface area (Å²) in [7, 11) is 3.06. The van der Waals surface area contributed by atoms with E-state index in [0.29, 0.717) is 40.1 Å². The highest BCUT2D eigenvalue weighted by molar-refractivity contribution is 8.00. The molecule has 0 radical (unpaired) electrons. The quantitative estimate of drug-likeness (QED) is 0.0813. The third-order valence-electron chi connectivity index (χ3n) is 6.96. The van der Waals surface area contributed by atoms with Crippen LogP contribution in [0.3, 0.4) is 0 Å². The number of thioether (sulfide) groups is 1. The molecule has 0 fully saturated rings. The summed E-state index contributed by atoms with van der Waals surface area (Å²) in [4.78, 5) is 44.6. The number of aromatic nitrogens is 1. The molecule has 5 rings (SSSR count). The van der Waals surface area contributed by atoms with Crippen LogP contribution in [0.4, 0.5) is 10.8 Å². The summed E-state index contributed by atoms with van der Waals surface area (Å²) in [6.07, 6.45) is 1.53. The van der Waals surface area contributed by atoms with E-state index in [2.05, 4.69) is 20.9 Å². The van der Waals surface area contributed by atoms with Gasteiger partial charge in [0.2, 0.25) is 5.91 Å². The van der Waals surface area contributed by atoms with Crippen LogP contribution in [0.2, 0.25) is 0 Å². The number of hydrogen-bond donors (Lipinski definition) is 3. The van der Waals surface area contributed by atoms with E-state index in [9.17, 15) is 14.4 Å². The highest BCUT2D eigenvalue weighted by Gasteiger charge is 2.17. The molecule has 1 aromatic heterocycles. The minimum atomic E-state index is -0.540. The molecule has 0 spiro atoms. The van der Waals surface area contributed by atoms with Gasteiger partial charge in [-0.05, 0) is 91.9 Å². The zero-order chi connectivity index (χ0) is 34.6. The topological polar surface area (TPSA) is 128 Å². The third-order valence-corrected chi connectivity index (χ3v) is 8.73. The molecule has 3 amide bonds. The number of hydrogen-bond acceptors (Lipinski definition) is 9. The van der Waals surface area contributed by atoms with Gasteiger partial charge >= 0.3 is 0 Å². The number of rotatable bonds is 14. The molecule has 0 aliphatic rings. The van der Waals surface area contributed by atoms with Gasteiger partial charge in [-0.2, -0.15) is 0 Å². The van der Waals surface area contributed by atoms with E-state index in [0.717, 1.165) is 21.9 Å². The number of nitrogens with one attached hydrogen (secondary N) is 3.